The maximum Gasteiger partial charge on any atom is 0.221 e. The van der Waals surface area contributed by atoms with Gasteiger partial charge in [0.25, 0.3) is 0 Å². The van der Waals surface area contributed by atoms with Crippen LogP contribution in [-0.2, 0) is 9.63 Å². The summed E-state index contributed by atoms with van der Waals surface area (Å²) in [5.41, 5.74) is 0. The van der Waals surface area contributed by atoms with E-state index in [-0.39, 0.29) is 5.91 Å². The number of nitrogens with zero attached hydrogens (tertiary/aromatic N) is 2. The first-order valence-electron chi connectivity index (χ1n) is 8.07. The van der Waals surface area contributed by atoms with Gasteiger partial charge in [-0.3, -0.25) is 9.63 Å². The molecule has 0 bridgehead atoms. The van der Waals surface area contributed by atoms with Gasteiger partial charge in [-0.25, -0.2) is 0 Å². The molecule has 2 aliphatic heterocycles. The van der Waals surface area contributed by atoms with E-state index in [1.165, 1.54) is 32.4 Å². The van der Waals surface area contributed by atoms with Crippen molar-refractivity contribution in [3.8, 4) is 0 Å². The molecular formula is C15H29N3O2. The smallest absolute Gasteiger partial charge is 0.221 e. The fourth-order valence-corrected chi connectivity index (χ4v) is 3.06. The summed E-state index contributed by atoms with van der Waals surface area (Å²) in [5.74, 6) is 0.905. The van der Waals surface area contributed by atoms with Gasteiger partial charge >= 0.3 is 0 Å². The highest BCUT2D eigenvalue weighted by Gasteiger charge is 2.17. The summed E-state index contributed by atoms with van der Waals surface area (Å²) >= 11 is 0. The van der Waals surface area contributed by atoms with Crippen LogP contribution >= 0.6 is 0 Å². The van der Waals surface area contributed by atoms with E-state index in [9.17, 15) is 4.79 Å². The Labute approximate surface area is 122 Å². The maximum absolute atomic E-state index is 11.8. The summed E-state index contributed by atoms with van der Waals surface area (Å²) in [6.07, 6.45) is 6.57. The second-order valence-corrected chi connectivity index (χ2v) is 6.13. The number of carbonyl (C=O) groups is 1. The van der Waals surface area contributed by atoms with E-state index in [4.69, 9.17) is 4.84 Å². The number of hydrogen-bond donors (Lipinski definition) is 1. The van der Waals surface area contributed by atoms with Crippen LogP contribution in [0.2, 0.25) is 0 Å². The largest absolute Gasteiger partial charge is 0.356 e. The van der Waals surface area contributed by atoms with Crippen molar-refractivity contribution in [1.82, 2.24) is 15.3 Å². The molecule has 0 aromatic rings. The van der Waals surface area contributed by atoms with Crippen molar-refractivity contribution in [2.45, 2.75) is 38.5 Å². The van der Waals surface area contributed by atoms with Gasteiger partial charge in [0.2, 0.25) is 5.91 Å². The van der Waals surface area contributed by atoms with Crippen LogP contribution in [0.25, 0.3) is 0 Å². The molecule has 1 unspecified atom stereocenters. The van der Waals surface area contributed by atoms with E-state index in [0.717, 1.165) is 45.0 Å². The van der Waals surface area contributed by atoms with Gasteiger partial charge in [-0.2, -0.15) is 5.06 Å². The first kappa shape index (κ1) is 15.7. The molecule has 0 aliphatic carbocycles. The van der Waals surface area contributed by atoms with E-state index < -0.39 is 0 Å². The highest BCUT2D eigenvalue weighted by atomic mass is 16.7. The van der Waals surface area contributed by atoms with Gasteiger partial charge in [-0.05, 0) is 51.6 Å². The standard InChI is InChI=1S/C15H29N3O2/c1-17-9-4-5-14(13-17)6-8-16-15(19)7-11-18-10-2-3-12-20-18/h14H,2-13H2,1H3,(H,16,19). The summed E-state index contributed by atoms with van der Waals surface area (Å²) in [5, 5.41) is 4.97. The molecule has 2 aliphatic rings. The Morgan fingerprint density at radius 2 is 2.20 bits per heavy atom. The Morgan fingerprint density at radius 1 is 1.30 bits per heavy atom. The fourth-order valence-electron chi connectivity index (χ4n) is 3.06. The zero-order chi connectivity index (χ0) is 14.2. The topological polar surface area (TPSA) is 44.8 Å². The van der Waals surface area contributed by atoms with Gasteiger partial charge in [0.15, 0.2) is 0 Å². The maximum atomic E-state index is 11.8. The number of rotatable bonds is 6. The van der Waals surface area contributed by atoms with E-state index in [2.05, 4.69) is 17.3 Å². The van der Waals surface area contributed by atoms with Crippen LogP contribution < -0.4 is 5.32 Å². The predicted octanol–water partition coefficient (Wildman–Crippen LogP) is 1.25. The normalized spacial score (nSPS) is 25.6. The summed E-state index contributed by atoms with van der Waals surface area (Å²) in [6, 6.07) is 0. The summed E-state index contributed by atoms with van der Waals surface area (Å²) < 4.78 is 0. The van der Waals surface area contributed by atoms with Crippen molar-refractivity contribution in [1.29, 1.82) is 0 Å². The van der Waals surface area contributed by atoms with Crippen molar-refractivity contribution < 1.29 is 9.63 Å². The number of nitrogens with one attached hydrogen (secondary N) is 1. The average Bonchev–Trinajstić information content (AvgIpc) is 2.46. The number of hydroxylamine groups is 2. The molecule has 5 heteroatoms. The van der Waals surface area contributed by atoms with Gasteiger partial charge in [0.05, 0.1) is 6.61 Å². The lowest BCUT2D eigenvalue weighted by Gasteiger charge is -2.29. The number of carbonyl (C=O) groups excluding carboxylic acids is 1. The van der Waals surface area contributed by atoms with Crippen molar-refractivity contribution in [3.63, 3.8) is 0 Å². The molecule has 1 amide bonds. The Morgan fingerprint density at radius 3 is 2.95 bits per heavy atom. The minimum atomic E-state index is 0.156. The molecule has 0 aromatic carbocycles. The van der Waals surface area contributed by atoms with Crippen molar-refractivity contribution in [2.24, 2.45) is 5.92 Å². The van der Waals surface area contributed by atoms with E-state index >= 15 is 0 Å². The molecule has 5 nitrogen and oxygen atoms in total. The number of amides is 1. The Kier molecular flexibility index (Phi) is 6.76. The lowest BCUT2D eigenvalue weighted by Crippen LogP contribution is -2.36. The van der Waals surface area contributed by atoms with E-state index in [1.807, 2.05) is 5.06 Å². The summed E-state index contributed by atoms with van der Waals surface area (Å²) in [4.78, 5) is 19.7. The SMILES string of the molecule is CN1CCCC(CCNC(=O)CCN2CCCCO2)C1. The first-order valence-corrected chi connectivity index (χ1v) is 8.07. The zero-order valence-electron chi connectivity index (χ0n) is 12.8. The lowest BCUT2D eigenvalue weighted by molar-refractivity contribution is -0.181. The third kappa shape index (κ3) is 5.77. The molecule has 0 aromatic heterocycles. The van der Waals surface area contributed by atoms with Crippen LogP contribution in [0.15, 0.2) is 0 Å². The molecule has 20 heavy (non-hydrogen) atoms. The minimum absolute atomic E-state index is 0.156. The van der Waals surface area contributed by atoms with Crippen LogP contribution in [0.5, 0.6) is 0 Å². The van der Waals surface area contributed by atoms with Gasteiger partial charge in [0, 0.05) is 32.6 Å². The summed E-state index contributed by atoms with van der Waals surface area (Å²) in [7, 11) is 2.18. The molecular weight excluding hydrogens is 254 g/mol. The molecule has 0 radical (unpaired) electrons. The van der Waals surface area contributed by atoms with Crippen LogP contribution in [0.3, 0.4) is 0 Å². The highest BCUT2D eigenvalue weighted by Crippen LogP contribution is 2.17. The molecule has 2 heterocycles. The molecule has 2 rings (SSSR count). The second-order valence-electron chi connectivity index (χ2n) is 6.13. The molecule has 116 valence electrons. The second kappa shape index (κ2) is 8.60. The first-order chi connectivity index (χ1) is 9.74. The number of piperidine rings is 1. The molecule has 0 spiro atoms. The Balaban J connectivity index is 1.51. The third-order valence-electron chi connectivity index (χ3n) is 4.26. The van der Waals surface area contributed by atoms with Crippen molar-refractivity contribution in [2.75, 3.05) is 46.4 Å². The average molecular weight is 283 g/mol. The van der Waals surface area contributed by atoms with Gasteiger partial charge < -0.3 is 10.2 Å². The highest BCUT2D eigenvalue weighted by molar-refractivity contribution is 5.75. The fraction of sp³-hybridized carbons (Fsp3) is 0.933. The van der Waals surface area contributed by atoms with Gasteiger partial charge in [0.1, 0.15) is 0 Å². The van der Waals surface area contributed by atoms with Crippen molar-refractivity contribution in [3.05, 3.63) is 0 Å². The predicted molar refractivity (Wildman–Crippen MR) is 79.2 cm³/mol. The Hall–Kier alpha value is -0.650. The number of hydrogen-bond acceptors (Lipinski definition) is 4. The monoisotopic (exact) mass is 283 g/mol. The third-order valence-corrected chi connectivity index (χ3v) is 4.26. The van der Waals surface area contributed by atoms with Crippen LogP contribution in [-0.4, -0.2) is 62.2 Å². The van der Waals surface area contributed by atoms with Crippen LogP contribution in [0.4, 0.5) is 0 Å². The molecule has 2 saturated heterocycles. The van der Waals surface area contributed by atoms with Crippen molar-refractivity contribution >= 4 is 5.91 Å². The number of likely N-dealkylation sites (tertiary alicyclic amines) is 1. The molecule has 1 atom stereocenters. The minimum Gasteiger partial charge on any atom is -0.356 e. The zero-order valence-corrected chi connectivity index (χ0v) is 12.8. The van der Waals surface area contributed by atoms with Crippen LogP contribution in [0.1, 0.15) is 38.5 Å². The van der Waals surface area contributed by atoms with E-state index in [1.54, 1.807) is 0 Å². The lowest BCUT2D eigenvalue weighted by atomic mass is 9.95. The Bertz CT molecular complexity index is 293. The van der Waals surface area contributed by atoms with Crippen LogP contribution in [0, 0.1) is 5.92 Å². The van der Waals surface area contributed by atoms with Gasteiger partial charge in [-0.1, -0.05) is 0 Å². The molecule has 0 saturated carbocycles. The molecule has 2 fully saturated rings. The van der Waals surface area contributed by atoms with E-state index in [0.29, 0.717) is 6.42 Å². The molecule has 1 N–H and O–H groups in total. The van der Waals surface area contributed by atoms with Gasteiger partial charge in [-0.15, -0.1) is 0 Å². The summed E-state index contributed by atoms with van der Waals surface area (Å²) in [6.45, 7) is 5.70. The quantitative estimate of drug-likeness (QED) is 0.797.